The Balaban J connectivity index is 1.95. The van der Waals surface area contributed by atoms with E-state index >= 15 is 0 Å². The van der Waals surface area contributed by atoms with Crippen LogP contribution in [0.5, 0.6) is 0 Å². The standard InChI is InChI=1S/C16H23FN2/c1-19-10-4-7-16(12-19)8-9-18-11-14(16)13-5-2-3-6-15(13)17/h2-3,5-6,14,18H,4,7-12H2,1H3. The van der Waals surface area contributed by atoms with Crippen molar-refractivity contribution < 1.29 is 4.39 Å². The van der Waals surface area contributed by atoms with E-state index in [1.165, 1.54) is 19.4 Å². The Hall–Kier alpha value is -0.930. The molecule has 1 aromatic carbocycles. The van der Waals surface area contributed by atoms with Crippen LogP contribution in [0.15, 0.2) is 24.3 Å². The Morgan fingerprint density at radius 2 is 2.16 bits per heavy atom. The highest BCUT2D eigenvalue weighted by Gasteiger charge is 2.44. The lowest BCUT2D eigenvalue weighted by atomic mass is 9.64. The third kappa shape index (κ3) is 2.41. The smallest absolute Gasteiger partial charge is 0.126 e. The molecular weight excluding hydrogens is 239 g/mol. The lowest BCUT2D eigenvalue weighted by Crippen LogP contribution is -2.52. The van der Waals surface area contributed by atoms with E-state index in [0.717, 1.165) is 31.6 Å². The Morgan fingerprint density at radius 3 is 2.95 bits per heavy atom. The summed E-state index contributed by atoms with van der Waals surface area (Å²) in [5.41, 5.74) is 1.17. The van der Waals surface area contributed by atoms with Crippen molar-refractivity contribution in [1.82, 2.24) is 10.2 Å². The summed E-state index contributed by atoms with van der Waals surface area (Å²) < 4.78 is 14.2. The number of nitrogens with one attached hydrogen (secondary N) is 1. The fourth-order valence-corrected chi connectivity index (χ4v) is 4.06. The monoisotopic (exact) mass is 262 g/mol. The predicted molar refractivity (Wildman–Crippen MR) is 75.8 cm³/mol. The van der Waals surface area contributed by atoms with Crippen LogP contribution in [0.2, 0.25) is 0 Å². The first kappa shape index (κ1) is 13.1. The molecule has 104 valence electrons. The number of nitrogens with zero attached hydrogens (tertiary/aromatic N) is 1. The van der Waals surface area contributed by atoms with Gasteiger partial charge in [0.15, 0.2) is 0 Å². The van der Waals surface area contributed by atoms with Gasteiger partial charge in [-0.15, -0.1) is 0 Å². The Morgan fingerprint density at radius 1 is 1.32 bits per heavy atom. The molecule has 2 unspecified atom stereocenters. The fraction of sp³-hybridized carbons (Fsp3) is 0.625. The van der Waals surface area contributed by atoms with Crippen LogP contribution in [0, 0.1) is 11.2 Å². The van der Waals surface area contributed by atoms with Gasteiger partial charge in [0.2, 0.25) is 0 Å². The van der Waals surface area contributed by atoms with Crippen LogP contribution in [0.4, 0.5) is 4.39 Å². The fourth-order valence-electron chi connectivity index (χ4n) is 4.06. The summed E-state index contributed by atoms with van der Waals surface area (Å²) in [6.45, 7) is 4.26. The second-order valence-corrected chi connectivity index (χ2v) is 6.23. The molecule has 0 aromatic heterocycles. The molecule has 0 amide bonds. The Labute approximate surface area is 115 Å². The zero-order valence-electron chi connectivity index (χ0n) is 11.7. The van der Waals surface area contributed by atoms with Gasteiger partial charge in [-0.05, 0) is 56.4 Å². The molecule has 2 saturated heterocycles. The highest BCUT2D eigenvalue weighted by molar-refractivity contribution is 5.26. The van der Waals surface area contributed by atoms with E-state index in [9.17, 15) is 4.39 Å². The summed E-state index contributed by atoms with van der Waals surface area (Å²) in [6, 6.07) is 7.33. The summed E-state index contributed by atoms with van der Waals surface area (Å²) in [5, 5.41) is 3.46. The lowest BCUT2D eigenvalue weighted by molar-refractivity contribution is 0.0528. The van der Waals surface area contributed by atoms with Crippen molar-refractivity contribution in [1.29, 1.82) is 0 Å². The normalized spacial score (nSPS) is 32.6. The molecule has 2 fully saturated rings. The van der Waals surface area contributed by atoms with E-state index in [-0.39, 0.29) is 11.2 Å². The molecule has 19 heavy (non-hydrogen) atoms. The maximum absolute atomic E-state index is 14.2. The predicted octanol–water partition coefficient (Wildman–Crippen LogP) is 2.61. The molecule has 1 N–H and O–H groups in total. The maximum atomic E-state index is 14.2. The molecule has 3 rings (SSSR count). The summed E-state index contributed by atoms with van der Waals surface area (Å²) in [6.07, 6.45) is 3.63. The molecule has 2 aliphatic heterocycles. The van der Waals surface area contributed by atoms with Crippen LogP contribution in [-0.2, 0) is 0 Å². The second-order valence-electron chi connectivity index (χ2n) is 6.23. The van der Waals surface area contributed by atoms with Crippen LogP contribution in [0.25, 0.3) is 0 Å². The first-order chi connectivity index (χ1) is 9.21. The average Bonchev–Trinajstić information content (AvgIpc) is 2.40. The SMILES string of the molecule is CN1CCCC2(CCNCC2c2ccccc2F)C1. The summed E-state index contributed by atoms with van der Waals surface area (Å²) in [4.78, 5) is 2.42. The quantitative estimate of drug-likeness (QED) is 0.837. The van der Waals surface area contributed by atoms with Crippen LogP contribution >= 0.6 is 0 Å². The van der Waals surface area contributed by atoms with E-state index in [2.05, 4.69) is 17.3 Å². The summed E-state index contributed by atoms with van der Waals surface area (Å²) in [7, 11) is 2.20. The number of rotatable bonds is 1. The van der Waals surface area contributed by atoms with Gasteiger partial charge in [-0.25, -0.2) is 4.39 Å². The molecule has 0 saturated carbocycles. The number of likely N-dealkylation sites (tertiary alicyclic amines) is 1. The molecule has 3 heteroatoms. The van der Waals surface area contributed by atoms with Gasteiger partial charge in [-0.3, -0.25) is 0 Å². The van der Waals surface area contributed by atoms with Gasteiger partial charge >= 0.3 is 0 Å². The van der Waals surface area contributed by atoms with Crippen LogP contribution in [0.3, 0.4) is 0 Å². The molecule has 2 nitrogen and oxygen atoms in total. The zero-order chi connectivity index (χ0) is 13.3. The molecule has 1 aromatic rings. The zero-order valence-corrected chi connectivity index (χ0v) is 11.7. The van der Waals surface area contributed by atoms with Crippen molar-refractivity contribution in [3.63, 3.8) is 0 Å². The topological polar surface area (TPSA) is 15.3 Å². The van der Waals surface area contributed by atoms with Crippen LogP contribution in [0.1, 0.15) is 30.7 Å². The highest BCUT2D eigenvalue weighted by atomic mass is 19.1. The molecule has 2 heterocycles. The molecule has 0 aliphatic carbocycles. The van der Waals surface area contributed by atoms with E-state index in [1.807, 2.05) is 12.1 Å². The van der Waals surface area contributed by atoms with Crippen molar-refractivity contribution >= 4 is 0 Å². The van der Waals surface area contributed by atoms with Crippen molar-refractivity contribution in [2.75, 3.05) is 33.2 Å². The number of piperidine rings is 2. The van der Waals surface area contributed by atoms with Crippen molar-refractivity contribution in [3.8, 4) is 0 Å². The third-order valence-corrected chi connectivity index (χ3v) is 4.97. The van der Waals surface area contributed by atoms with Gasteiger partial charge in [0.05, 0.1) is 0 Å². The number of hydrogen-bond acceptors (Lipinski definition) is 2. The van der Waals surface area contributed by atoms with Gasteiger partial charge in [0.25, 0.3) is 0 Å². The molecule has 0 radical (unpaired) electrons. The number of hydrogen-bond donors (Lipinski definition) is 1. The maximum Gasteiger partial charge on any atom is 0.126 e. The van der Waals surface area contributed by atoms with Gasteiger partial charge in [-0.1, -0.05) is 18.2 Å². The summed E-state index contributed by atoms with van der Waals surface area (Å²) in [5.74, 6) is 0.272. The summed E-state index contributed by atoms with van der Waals surface area (Å²) >= 11 is 0. The Bertz CT molecular complexity index is 444. The number of benzene rings is 1. The average molecular weight is 262 g/mol. The van der Waals surface area contributed by atoms with Gasteiger partial charge in [-0.2, -0.15) is 0 Å². The van der Waals surface area contributed by atoms with E-state index < -0.39 is 0 Å². The minimum absolute atomic E-state index is 0.0381. The van der Waals surface area contributed by atoms with E-state index in [1.54, 1.807) is 12.1 Å². The second kappa shape index (κ2) is 5.22. The number of halogens is 1. The Kier molecular flexibility index (Phi) is 3.59. The highest BCUT2D eigenvalue weighted by Crippen LogP contribution is 2.47. The first-order valence-corrected chi connectivity index (χ1v) is 7.35. The van der Waals surface area contributed by atoms with Crippen LogP contribution in [-0.4, -0.2) is 38.1 Å². The van der Waals surface area contributed by atoms with E-state index in [0.29, 0.717) is 5.92 Å². The minimum atomic E-state index is -0.0381. The van der Waals surface area contributed by atoms with Crippen LogP contribution < -0.4 is 5.32 Å². The molecule has 2 aliphatic rings. The first-order valence-electron chi connectivity index (χ1n) is 7.35. The molecule has 1 spiro atoms. The lowest BCUT2D eigenvalue weighted by Gasteiger charge is -2.50. The minimum Gasteiger partial charge on any atom is -0.316 e. The van der Waals surface area contributed by atoms with Gasteiger partial charge in [0.1, 0.15) is 5.82 Å². The van der Waals surface area contributed by atoms with Crippen molar-refractivity contribution in [2.24, 2.45) is 5.41 Å². The van der Waals surface area contributed by atoms with Crippen molar-refractivity contribution in [3.05, 3.63) is 35.6 Å². The van der Waals surface area contributed by atoms with Gasteiger partial charge in [0, 0.05) is 19.0 Å². The third-order valence-electron chi connectivity index (χ3n) is 4.97. The van der Waals surface area contributed by atoms with Gasteiger partial charge < -0.3 is 10.2 Å². The largest absolute Gasteiger partial charge is 0.316 e. The molecule has 0 bridgehead atoms. The van der Waals surface area contributed by atoms with Crippen molar-refractivity contribution in [2.45, 2.75) is 25.2 Å². The molecule has 2 atom stereocenters. The molecular formula is C16H23FN2. The van der Waals surface area contributed by atoms with E-state index in [4.69, 9.17) is 0 Å².